The van der Waals surface area contributed by atoms with Gasteiger partial charge in [0.2, 0.25) is 0 Å². The molecule has 124 valence electrons. The van der Waals surface area contributed by atoms with E-state index in [0.29, 0.717) is 24.2 Å². The molecule has 0 saturated heterocycles. The fourth-order valence-electron chi connectivity index (χ4n) is 2.81. The third kappa shape index (κ3) is 3.62. The number of carbonyl (C=O) groups is 1. The lowest BCUT2D eigenvalue weighted by molar-refractivity contribution is 0.0755. The highest BCUT2D eigenvalue weighted by Gasteiger charge is 2.19. The van der Waals surface area contributed by atoms with Crippen molar-refractivity contribution in [1.29, 1.82) is 5.26 Å². The van der Waals surface area contributed by atoms with E-state index in [2.05, 4.69) is 6.07 Å². The standard InChI is InChI=1S/C21H18N2OS/c1-2-23(15-17-9-7-13-25-17)21(24)20-12-6-5-11-19(20)18-10-4-3-8-16(18)14-22/h3-13H,2,15H2,1H3. The van der Waals surface area contributed by atoms with E-state index >= 15 is 0 Å². The lowest BCUT2D eigenvalue weighted by Gasteiger charge is -2.22. The second-order valence-corrected chi connectivity index (χ2v) is 6.63. The van der Waals surface area contributed by atoms with Crippen LogP contribution < -0.4 is 0 Å². The smallest absolute Gasteiger partial charge is 0.254 e. The molecule has 2 aromatic carbocycles. The Morgan fingerprint density at radius 2 is 1.76 bits per heavy atom. The zero-order valence-electron chi connectivity index (χ0n) is 14.0. The molecule has 0 bridgehead atoms. The maximum absolute atomic E-state index is 13.1. The van der Waals surface area contributed by atoms with Crippen molar-refractivity contribution in [3.05, 3.63) is 82.0 Å². The van der Waals surface area contributed by atoms with Crippen LogP contribution in [0, 0.1) is 11.3 Å². The Balaban J connectivity index is 2.00. The molecule has 1 aromatic heterocycles. The molecular weight excluding hydrogens is 328 g/mol. The van der Waals surface area contributed by atoms with Crippen LogP contribution >= 0.6 is 11.3 Å². The van der Waals surface area contributed by atoms with Crippen molar-refractivity contribution in [2.24, 2.45) is 0 Å². The van der Waals surface area contributed by atoms with Crippen LogP contribution in [-0.4, -0.2) is 17.4 Å². The number of hydrogen-bond donors (Lipinski definition) is 0. The molecule has 0 N–H and O–H groups in total. The van der Waals surface area contributed by atoms with Gasteiger partial charge < -0.3 is 4.90 Å². The van der Waals surface area contributed by atoms with Crippen molar-refractivity contribution >= 4 is 17.2 Å². The van der Waals surface area contributed by atoms with E-state index in [9.17, 15) is 10.1 Å². The normalized spacial score (nSPS) is 10.2. The fraction of sp³-hybridized carbons (Fsp3) is 0.143. The van der Waals surface area contributed by atoms with E-state index in [1.165, 1.54) is 0 Å². The Hall–Kier alpha value is -2.90. The Morgan fingerprint density at radius 1 is 1.04 bits per heavy atom. The number of amides is 1. The van der Waals surface area contributed by atoms with Gasteiger partial charge in [-0.05, 0) is 36.1 Å². The SMILES string of the molecule is CCN(Cc1cccs1)C(=O)c1ccccc1-c1ccccc1C#N. The summed E-state index contributed by atoms with van der Waals surface area (Å²) in [7, 11) is 0. The summed E-state index contributed by atoms with van der Waals surface area (Å²) < 4.78 is 0. The van der Waals surface area contributed by atoms with Gasteiger partial charge in [-0.25, -0.2) is 0 Å². The lowest BCUT2D eigenvalue weighted by Crippen LogP contribution is -2.30. The molecule has 3 rings (SSSR count). The average molecular weight is 346 g/mol. The summed E-state index contributed by atoms with van der Waals surface area (Å²) in [6.07, 6.45) is 0. The first kappa shape index (κ1) is 16.9. The number of nitriles is 1. The summed E-state index contributed by atoms with van der Waals surface area (Å²) in [4.78, 5) is 16.1. The lowest BCUT2D eigenvalue weighted by atomic mass is 9.95. The molecule has 3 nitrogen and oxygen atoms in total. The zero-order valence-corrected chi connectivity index (χ0v) is 14.8. The van der Waals surface area contributed by atoms with Crippen molar-refractivity contribution in [2.45, 2.75) is 13.5 Å². The summed E-state index contributed by atoms with van der Waals surface area (Å²) in [5, 5.41) is 11.4. The van der Waals surface area contributed by atoms with Crippen LogP contribution in [0.25, 0.3) is 11.1 Å². The Morgan fingerprint density at radius 3 is 2.44 bits per heavy atom. The van der Waals surface area contributed by atoms with E-state index < -0.39 is 0 Å². The molecule has 0 saturated carbocycles. The first-order chi connectivity index (χ1) is 12.2. The molecule has 1 amide bonds. The van der Waals surface area contributed by atoms with Gasteiger partial charge in [0.15, 0.2) is 0 Å². The number of carbonyl (C=O) groups excluding carboxylic acids is 1. The number of thiophene rings is 1. The van der Waals surface area contributed by atoms with Gasteiger partial charge in [0.25, 0.3) is 5.91 Å². The molecule has 0 aliphatic heterocycles. The molecule has 0 aliphatic rings. The van der Waals surface area contributed by atoms with Crippen LogP contribution in [-0.2, 0) is 6.54 Å². The van der Waals surface area contributed by atoms with Crippen molar-refractivity contribution < 1.29 is 4.79 Å². The highest BCUT2D eigenvalue weighted by atomic mass is 32.1. The van der Waals surface area contributed by atoms with Crippen molar-refractivity contribution in [1.82, 2.24) is 4.90 Å². The molecule has 0 atom stereocenters. The van der Waals surface area contributed by atoms with Gasteiger partial charge in [0.05, 0.1) is 18.2 Å². The average Bonchev–Trinajstić information content (AvgIpc) is 3.18. The van der Waals surface area contributed by atoms with E-state index in [0.717, 1.165) is 16.0 Å². The summed E-state index contributed by atoms with van der Waals surface area (Å²) in [6.45, 7) is 3.21. The minimum absolute atomic E-state index is 0.0146. The number of hydrogen-bond acceptors (Lipinski definition) is 3. The number of nitrogens with zero attached hydrogens (tertiary/aromatic N) is 2. The van der Waals surface area contributed by atoms with Gasteiger partial charge in [0, 0.05) is 22.5 Å². The highest BCUT2D eigenvalue weighted by molar-refractivity contribution is 7.09. The van der Waals surface area contributed by atoms with Crippen molar-refractivity contribution in [3.8, 4) is 17.2 Å². The third-order valence-corrected chi connectivity index (χ3v) is 4.95. The molecule has 0 aliphatic carbocycles. The first-order valence-corrected chi connectivity index (χ1v) is 9.02. The van der Waals surface area contributed by atoms with Gasteiger partial charge in [0.1, 0.15) is 0 Å². The highest BCUT2D eigenvalue weighted by Crippen LogP contribution is 2.28. The minimum Gasteiger partial charge on any atom is -0.334 e. The second kappa shape index (κ2) is 7.78. The van der Waals surface area contributed by atoms with Crippen LogP contribution in [0.5, 0.6) is 0 Å². The van der Waals surface area contributed by atoms with Gasteiger partial charge in [-0.2, -0.15) is 5.26 Å². The zero-order chi connectivity index (χ0) is 17.6. The van der Waals surface area contributed by atoms with E-state index in [1.807, 2.05) is 71.8 Å². The molecule has 1 heterocycles. The van der Waals surface area contributed by atoms with E-state index in [1.54, 1.807) is 17.4 Å². The Labute approximate surface area is 151 Å². The summed E-state index contributed by atoms with van der Waals surface area (Å²) in [6, 6.07) is 21.1. The first-order valence-electron chi connectivity index (χ1n) is 8.14. The number of rotatable bonds is 5. The largest absolute Gasteiger partial charge is 0.334 e. The van der Waals surface area contributed by atoms with Crippen LogP contribution in [0.1, 0.15) is 27.7 Å². The predicted octanol–water partition coefficient (Wildman–Crippen LogP) is 4.95. The molecule has 0 unspecified atom stereocenters. The van der Waals surface area contributed by atoms with E-state index in [4.69, 9.17) is 0 Å². The molecule has 0 spiro atoms. The Bertz CT molecular complexity index is 910. The summed E-state index contributed by atoms with van der Waals surface area (Å²) in [5.41, 5.74) is 2.79. The van der Waals surface area contributed by atoms with Gasteiger partial charge in [-0.3, -0.25) is 4.79 Å². The fourth-order valence-corrected chi connectivity index (χ4v) is 3.53. The van der Waals surface area contributed by atoms with Crippen molar-refractivity contribution in [3.63, 3.8) is 0 Å². The van der Waals surface area contributed by atoms with Crippen LogP contribution in [0.15, 0.2) is 66.0 Å². The minimum atomic E-state index is -0.0146. The molecule has 0 fully saturated rings. The van der Waals surface area contributed by atoms with E-state index in [-0.39, 0.29) is 5.91 Å². The monoisotopic (exact) mass is 346 g/mol. The quantitative estimate of drug-likeness (QED) is 0.656. The van der Waals surface area contributed by atoms with Crippen molar-refractivity contribution in [2.75, 3.05) is 6.54 Å². The van der Waals surface area contributed by atoms with Gasteiger partial charge in [-0.1, -0.05) is 42.5 Å². The number of benzene rings is 2. The van der Waals surface area contributed by atoms with Gasteiger partial charge in [-0.15, -0.1) is 11.3 Å². The molecule has 3 aromatic rings. The summed E-state index contributed by atoms with van der Waals surface area (Å²) >= 11 is 1.65. The van der Waals surface area contributed by atoms with Crippen LogP contribution in [0.2, 0.25) is 0 Å². The van der Waals surface area contributed by atoms with Gasteiger partial charge >= 0.3 is 0 Å². The van der Waals surface area contributed by atoms with Crippen LogP contribution in [0.4, 0.5) is 0 Å². The molecular formula is C21H18N2OS. The summed E-state index contributed by atoms with van der Waals surface area (Å²) in [5.74, 6) is -0.0146. The molecule has 25 heavy (non-hydrogen) atoms. The topological polar surface area (TPSA) is 44.1 Å². The second-order valence-electron chi connectivity index (χ2n) is 5.60. The Kier molecular flexibility index (Phi) is 5.27. The maximum atomic E-state index is 13.1. The molecule has 4 heteroatoms. The maximum Gasteiger partial charge on any atom is 0.254 e. The molecule has 0 radical (unpaired) electrons. The third-order valence-electron chi connectivity index (χ3n) is 4.09. The van der Waals surface area contributed by atoms with Crippen LogP contribution in [0.3, 0.4) is 0 Å². The predicted molar refractivity (Wildman–Crippen MR) is 101 cm³/mol.